The van der Waals surface area contributed by atoms with Crippen molar-refractivity contribution in [2.75, 3.05) is 26.1 Å². The van der Waals surface area contributed by atoms with Gasteiger partial charge in [-0.25, -0.2) is 4.98 Å². The molecule has 7 heteroatoms. The van der Waals surface area contributed by atoms with Crippen molar-refractivity contribution < 1.29 is 19.0 Å². The van der Waals surface area contributed by atoms with Crippen LogP contribution < -0.4 is 19.5 Å². The van der Waals surface area contributed by atoms with Crippen LogP contribution >= 0.6 is 0 Å². The predicted octanol–water partition coefficient (Wildman–Crippen LogP) is 1.82. The Hall–Kier alpha value is -2.83. The van der Waals surface area contributed by atoms with Crippen molar-refractivity contribution in [2.45, 2.75) is 6.92 Å². The lowest BCUT2D eigenvalue weighted by Crippen LogP contribution is -2.21. The molecule has 1 amide bonds. The zero-order valence-corrected chi connectivity index (χ0v) is 12.6. The van der Waals surface area contributed by atoms with E-state index in [1.165, 1.54) is 20.4 Å². The fourth-order valence-electron chi connectivity index (χ4n) is 1.73. The monoisotopic (exact) mass is 303 g/mol. The minimum absolute atomic E-state index is 0.126. The second-order valence-electron chi connectivity index (χ2n) is 4.43. The highest BCUT2D eigenvalue weighted by Gasteiger charge is 2.11. The van der Waals surface area contributed by atoms with Gasteiger partial charge < -0.3 is 19.5 Å². The Morgan fingerprint density at radius 3 is 2.77 bits per heavy atom. The molecule has 2 rings (SSSR count). The number of benzene rings is 1. The standard InChI is InChI=1S/C15H17N3O4/c1-10-5-4-6-11(7-10)22-9-13(19)17-12-8-16-15(21-3)18-14(12)20-2/h4-8H,9H2,1-3H3,(H,17,19). The van der Waals surface area contributed by atoms with Crippen molar-refractivity contribution in [1.82, 2.24) is 9.97 Å². The average molecular weight is 303 g/mol. The lowest BCUT2D eigenvalue weighted by molar-refractivity contribution is -0.118. The van der Waals surface area contributed by atoms with E-state index < -0.39 is 0 Å². The summed E-state index contributed by atoms with van der Waals surface area (Å²) in [5, 5.41) is 2.63. The van der Waals surface area contributed by atoms with E-state index in [-0.39, 0.29) is 24.4 Å². The zero-order chi connectivity index (χ0) is 15.9. The lowest BCUT2D eigenvalue weighted by Gasteiger charge is -2.10. The number of anilines is 1. The predicted molar refractivity (Wildman–Crippen MR) is 80.4 cm³/mol. The van der Waals surface area contributed by atoms with Crippen molar-refractivity contribution in [3.05, 3.63) is 36.0 Å². The first kappa shape index (κ1) is 15.6. The molecule has 1 aromatic heterocycles. The molecule has 7 nitrogen and oxygen atoms in total. The van der Waals surface area contributed by atoms with Gasteiger partial charge in [0.2, 0.25) is 5.88 Å². The van der Waals surface area contributed by atoms with Gasteiger partial charge in [-0.2, -0.15) is 4.98 Å². The maximum atomic E-state index is 11.9. The fourth-order valence-corrected chi connectivity index (χ4v) is 1.73. The topological polar surface area (TPSA) is 82.6 Å². The fraction of sp³-hybridized carbons (Fsp3) is 0.267. The third-order valence-corrected chi connectivity index (χ3v) is 2.74. The molecule has 1 N–H and O–H groups in total. The number of nitrogens with zero attached hydrogens (tertiary/aromatic N) is 2. The second-order valence-corrected chi connectivity index (χ2v) is 4.43. The van der Waals surface area contributed by atoms with E-state index in [0.717, 1.165) is 5.56 Å². The quantitative estimate of drug-likeness (QED) is 0.876. The van der Waals surface area contributed by atoms with Gasteiger partial charge in [0.05, 0.1) is 20.4 Å². The molecule has 2 aromatic rings. The third kappa shape index (κ3) is 4.08. The molecule has 0 bridgehead atoms. The molecule has 0 aliphatic heterocycles. The minimum Gasteiger partial charge on any atom is -0.484 e. The van der Waals surface area contributed by atoms with Gasteiger partial charge in [0.15, 0.2) is 6.61 Å². The summed E-state index contributed by atoms with van der Waals surface area (Å²) in [6, 6.07) is 7.61. The molecular weight excluding hydrogens is 286 g/mol. The molecule has 0 aliphatic rings. The highest BCUT2D eigenvalue weighted by atomic mass is 16.5. The highest BCUT2D eigenvalue weighted by Crippen LogP contribution is 2.22. The SMILES string of the molecule is COc1ncc(NC(=O)COc2cccc(C)c2)c(OC)n1. The number of nitrogens with one attached hydrogen (secondary N) is 1. The number of hydrogen-bond donors (Lipinski definition) is 1. The lowest BCUT2D eigenvalue weighted by atomic mass is 10.2. The molecule has 0 aliphatic carbocycles. The Balaban J connectivity index is 1.97. The molecule has 0 radical (unpaired) electrons. The molecule has 22 heavy (non-hydrogen) atoms. The van der Waals surface area contributed by atoms with Crippen molar-refractivity contribution in [3.63, 3.8) is 0 Å². The maximum Gasteiger partial charge on any atom is 0.319 e. The van der Waals surface area contributed by atoms with Crippen LogP contribution in [0.2, 0.25) is 0 Å². The summed E-state index contributed by atoms with van der Waals surface area (Å²) < 4.78 is 15.4. The van der Waals surface area contributed by atoms with E-state index in [1.54, 1.807) is 6.07 Å². The van der Waals surface area contributed by atoms with Gasteiger partial charge in [-0.15, -0.1) is 0 Å². The van der Waals surface area contributed by atoms with Crippen LogP contribution in [-0.2, 0) is 4.79 Å². The van der Waals surface area contributed by atoms with Gasteiger partial charge >= 0.3 is 6.01 Å². The number of amides is 1. The van der Waals surface area contributed by atoms with Crippen LogP contribution in [0.3, 0.4) is 0 Å². The van der Waals surface area contributed by atoms with E-state index in [2.05, 4.69) is 15.3 Å². The molecular formula is C15H17N3O4. The highest BCUT2D eigenvalue weighted by molar-refractivity contribution is 5.92. The van der Waals surface area contributed by atoms with Gasteiger partial charge in [-0.05, 0) is 24.6 Å². The van der Waals surface area contributed by atoms with Crippen LogP contribution in [0.25, 0.3) is 0 Å². The number of aromatic nitrogens is 2. The summed E-state index contributed by atoms with van der Waals surface area (Å²) in [6.07, 6.45) is 1.41. The normalized spacial score (nSPS) is 9.95. The minimum atomic E-state index is -0.339. The first-order chi connectivity index (χ1) is 10.6. The Bertz CT molecular complexity index is 661. The summed E-state index contributed by atoms with van der Waals surface area (Å²) in [5.41, 5.74) is 1.41. The summed E-state index contributed by atoms with van der Waals surface area (Å²) in [7, 11) is 2.89. The van der Waals surface area contributed by atoms with E-state index in [1.807, 2.05) is 25.1 Å². The average Bonchev–Trinajstić information content (AvgIpc) is 2.53. The molecule has 116 valence electrons. The van der Waals surface area contributed by atoms with Crippen LogP contribution in [0.15, 0.2) is 30.5 Å². The number of rotatable bonds is 6. The molecule has 1 aromatic carbocycles. The van der Waals surface area contributed by atoms with E-state index >= 15 is 0 Å². The van der Waals surface area contributed by atoms with Crippen LogP contribution in [0, 0.1) is 6.92 Å². The largest absolute Gasteiger partial charge is 0.484 e. The van der Waals surface area contributed by atoms with E-state index in [4.69, 9.17) is 14.2 Å². The molecule has 1 heterocycles. The molecule has 0 saturated carbocycles. The number of methoxy groups -OCH3 is 2. The molecule has 0 atom stereocenters. The van der Waals surface area contributed by atoms with Crippen molar-refractivity contribution in [3.8, 4) is 17.6 Å². The molecule has 0 saturated heterocycles. The summed E-state index contributed by atoms with van der Waals surface area (Å²) >= 11 is 0. The van der Waals surface area contributed by atoms with Crippen LogP contribution in [-0.4, -0.2) is 36.7 Å². The summed E-state index contributed by atoms with van der Waals surface area (Å²) in [4.78, 5) is 19.8. The van der Waals surface area contributed by atoms with Crippen LogP contribution in [0.5, 0.6) is 17.6 Å². The molecule has 0 fully saturated rings. The van der Waals surface area contributed by atoms with Crippen molar-refractivity contribution in [1.29, 1.82) is 0 Å². The Labute approximate surface area is 128 Å². The smallest absolute Gasteiger partial charge is 0.319 e. The number of carbonyl (C=O) groups excluding carboxylic acids is 1. The number of ether oxygens (including phenoxy) is 3. The third-order valence-electron chi connectivity index (χ3n) is 2.74. The molecule has 0 spiro atoms. The second kappa shape index (κ2) is 7.26. The maximum absolute atomic E-state index is 11.9. The van der Waals surface area contributed by atoms with Crippen molar-refractivity contribution in [2.24, 2.45) is 0 Å². The first-order valence-electron chi connectivity index (χ1n) is 6.56. The van der Waals surface area contributed by atoms with Crippen molar-refractivity contribution >= 4 is 11.6 Å². The van der Waals surface area contributed by atoms with Gasteiger partial charge in [0.25, 0.3) is 5.91 Å². The van der Waals surface area contributed by atoms with E-state index in [9.17, 15) is 4.79 Å². The van der Waals surface area contributed by atoms with Gasteiger partial charge in [-0.1, -0.05) is 12.1 Å². The zero-order valence-electron chi connectivity index (χ0n) is 12.6. The van der Waals surface area contributed by atoms with Gasteiger partial charge in [0, 0.05) is 0 Å². The first-order valence-corrected chi connectivity index (χ1v) is 6.56. The van der Waals surface area contributed by atoms with Crippen LogP contribution in [0.4, 0.5) is 5.69 Å². The number of hydrogen-bond acceptors (Lipinski definition) is 6. The Morgan fingerprint density at radius 2 is 2.09 bits per heavy atom. The van der Waals surface area contributed by atoms with Crippen LogP contribution in [0.1, 0.15) is 5.56 Å². The molecule has 0 unspecified atom stereocenters. The Kier molecular flexibility index (Phi) is 5.13. The number of aryl methyl sites for hydroxylation is 1. The summed E-state index contributed by atoms with van der Waals surface area (Å²) in [5.74, 6) is 0.512. The Morgan fingerprint density at radius 1 is 1.27 bits per heavy atom. The number of carbonyl (C=O) groups is 1. The van der Waals surface area contributed by atoms with E-state index in [0.29, 0.717) is 11.4 Å². The van der Waals surface area contributed by atoms with Gasteiger partial charge in [0.1, 0.15) is 11.4 Å². The van der Waals surface area contributed by atoms with Gasteiger partial charge in [-0.3, -0.25) is 4.79 Å². The summed E-state index contributed by atoms with van der Waals surface area (Å²) in [6.45, 7) is 1.82.